The van der Waals surface area contributed by atoms with Gasteiger partial charge in [-0.3, -0.25) is 4.79 Å². The van der Waals surface area contributed by atoms with Crippen LogP contribution in [0.25, 0.3) is 0 Å². The maximum Gasteiger partial charge on any atom is 0.253 e. The summed E-state index contributed by atoms with van der Waals surface area (Å²) in [4.78, 5) is 14.5. The molecule has 7 heteroatoms. The Bertz CT molecular complexity index is 1020. The predicted molar refractivity (Wildman–Crippen MR) is 102 cm³/mol. The molecule has 1 aliphatic rings. The van der Waals surface area contributed by atoms with Crippen molar-refractivity contribution in [3.05, 3.63) is 64.7 Å². The standard InChI is InChI=1S/C20H21N3O3S/c1-15-6-7-19(12-16(15)2)27(25,26)23-10-8-22(9-11-23)20(24)18-5-3-4-17(13-18)14-21/h3-7,12-13H,8-11H2,1-2H3. The lowest BCUT2D eigenvalue weighted by Crippen LogP contribution is -2.50. The molecule has 2 aromatic rings. The molecule has 6 nitrogen and oxygen atoms in total. The Morgan fingerprint density at radius 1 is 1.00 bits per heavy atom. The monoisotopic (exact) mass is 383 g/mol. The first-order valence-electron chi connectivity index (χ1n) is 8.70. The van der Waals surface area contributed by atoms with E-state index in [9.17, 15) is 13.2 Å². The lowest BCUT2D eigenvalue weighted by molar-refractivity contribution is 0.0698. The highest BCUT2D eigenvalue weighted by Gasteiger charge is 2.30. The van der Waals surface area contributed by atoms with Crippen LogP contribution in [0.2, 0.25) is 0 Å². The summed E-state index contributed by atoms with van der Waals surface area (Å²) in [5.74, 6) is -0.185. The minimum atomic E-state index is -3.57. The highest BCUT2D eigenvalue weighted by molar-refractivity contribution is 7.89. The molecule has 0 aromatic heterocycles. The highest BCUT2D eigenvalue weighted by atomic mass is 32.2. The van der Waals surface area contributed by atoms with Gasteiger partial charge in [0.05, 0.1) is 16.5 Å². The lowest BCUT2D eigenvalue weighted by Gasteiger charge is -2.34. The number of piperazine rings is 1. The highest BCUT2D eigenvalue weighted by Crippen LogP contribution is 2.21. The average Bonchev–Trinajstić information content (AvgIpc) is 2.69. The largest absolute Gasteiger partial charge is 0.336 e. The van der Waals surface area contributed by atoms with Gasteiger partial charge in [0.25, 0.3) is 5.91 Å². The molecule has 3 rings (SSSR count). The maximum atomic E-state index is 12.9. The molecule has 140 valence electrons. The maximum absolute atomic E-state index is 12.9. The molecule has 1 fully saturated rings. The van der Waals surface area contributed by atoms with Crippen LogP contribution in [0.15, 0.2) is 47.4 Å². The molecule has 0 radical (unpaired) electrons. The second-order valence-corrected chi connectivity index (χ2v) is 8.57. The summed E-state index contributed by atoms with van der Waals surface area (Å²) in [5, 5.41) is 8.97. The first-order valence-corrected chi connectivity index (χ1v) is 10.1. The molecule has 0 aliphatic carbocycles. The van der Waals surface area contributed by atoms with Gasteiger partial charge in [-0.2, -0.15) is 9.57 Å². The van der Waals surface area contributed by atoms with E-state index < -0.39 is 10.0 Å². The topological polar surface area (TPSA) is 81.5 Å². The number of carbonyl (C=O) groups excluding carboxylic acids is 1. The molecule has 0 saturated carbocycles. The lowest BCUT2D eigenvalue weighted by atomic mass is 10.1. The molecule has 1 aliphatic heterocycles. The summed E-state index contributed by atoms with van der Waals surface area (Å²) >= 11 is 0. The van der Waals surface area contributed by atoms with E-state index in [1.54, 1.807) is 41.3 Å². The van der Waals surface area contributed by atoms with Gasteiger partial charge in [0.15, 0.2) is 0 Å². The summed E-state index contributed by atoms with van der Waals surface area (Å²) in [6.45, 7) is 4.97. The van der Waals surface area contributed by atoms with Gasteiger partial charge in [0, 0.05) is 31.7 Å². The molecule has 2 aromatic carbocycles. The van der Waals surface area contributed by atoms with Gasteiger partial charge >= 0.3 is 0 Å². The van der Waals surface area contributed by atoms with Crippen molar-refractivity contribution in [1.29, 1.82) is 5.26 Å². The van der Waals surface area contributed by atoms with Gasteiger partial charge < -0.3 is 4.90 Å². The van der Waals surface area contributed by atoms with Crippen molar-refractivity contribution in [1.82, 2.24) is 9.21 Å². The molecule has 0 spiro atoms. The Hall–Kier alpha value is -2.69. The molecule has 0 atom stereocenters. The van der Waals surface area contributed by atoms with Crippen molar-refractivity contribution >= 4 is 15.9 Å². The van der Waals surface area contributed by atoms with Gasteiger partial charge in [0.1, 0.15) is 0 Å². The molecule has 1 saturated heterocycles. The zero-order valence-electron chi connectivity index (χ0n) is 15.3. The van der Waals surface area contributed by atoms with E-state index in [1.807, 2.05) is 26.0 Å². The van der Waals surface area contributed by atoms with Crippen LogP contribution in [0.4, 0.5) is 0 Å². The number of nitrogens with zero attached hydrogens (tertiary/aromatic N) is 3. The fourth-order valence-corrected chi connectivity index (χ4v) is 4.57. The summed E-state index contributed by atoms with van der Waals surface area (Å²) < 4.78 is 27.2. The number of sulfonamides is 1. The van der Waals surface area contributed by atoms with E-state index in [0.29, 0.717) is 24.2 Å². The molecule has 0 bridgehead atoms. The van der Waals surface area contributed by atoms with E-state index in [1.165, 1.54) is 4.31 Å². The number of benzene rings is 2. The smallest absolute Gasteiger partial charge is 0.253 e. The number of hydrogen-bond donors (Lipinski definition) is 0. The van der Waals surface area contributed by atoms with E-state index >= 15 is 0 Å². The van der Waals surface area contributed by atoms with Crippen molar-refractivity contribution < 1.29 is 13.2 Å². The third-order valence-electron chi connectivity index (χ3n) is 4.88. The Morgan fingerprint density at radius 3 is 2.33 bits per heavy atom. The number of aryl methyl sites for hydroxylation is 2. The van der Waals surface area contributed by atoms with Crippen LogP contribution < -0.4 is 0 Å². The summed E-state index contributed by atoms with van der Waals surface area (Å²) in [7, 11) is -3.57. The first-order chi connectivity index (χ1) is 12.8. The van der Waals surface area contributed by atoms with Crippen LogP contribution in [0, 0.1) is 25.2 Å². The zero-order valence-corrected chi connectivity index (χ0v) is 16.2. The SMILES string of the molecule is Cc1ccc(S(=O)(=O)N2CCN(C(=O)c3cccc(C#N)c3)CC2)cc1C. The van der Waals surface area contributed by atoms with Crippen LogP contribution in [-0.4, -0.2) is 49.7 Å². The second kappa shape index (κ2) is 7.51. The number of hydrogen-bond acceptors (Lipinski definition) is 4. The number of carbonyl (C=O) groups is 1. The third-order valence-corrected chi connectivity index (χ3v) is 6.78. The molecule has 1 heterocycles. The quantitative estimate of drug-likeness (QED) is 0.815. The molecular formula is C20H21N3O3S. The van der Waals surface area contributed by atoms with Crippen molar-refractivity contribution in [3.63, 3.8) is 0 Å². The van der Waals surface area contributed by atoms with E-state index in [-0.39, 0.29) is 23.9 Å². The molecule has 1 amide bonds. The van der Waals surface area contributed by atoms with Crippen molar-refractivity contribution in [2.24, 2.45) is 0 Å². The molecule has 0 unspecified atom stereocenters. The minimum absolute atomic E-state index is 0.185. The average molecular weight is 383 g/mol. The van der Waals surface area contributed by atoms with Crippen LogP contribution in [0.1, 0.15) is 27.0 Å². The third kappa shape index (κ3) is 3.87. The summed E-state index contributed by atoms with van der Waals surface area (Å²) in [5.41, 5.74) is 2.85. The Balaban J connectivity index is 1.71. The Kier molecular flexibility index (Phi) is 5.31. The van der Waals surface area contributed by atoms with E-state index in [2.05, 4.69) is 0 Å². The van der Waals surface area contributed by atoms with Gasteiger partial charge in [0.2, 0.25) is 10.0 Å². The number of rotatable bonds is 3. The zero-order chi connectivity index (χ0) is 19.6. The van der Waals surface area contributed by atoms with E-state index in [4.69, 9.17) is 5.26 Å². The fourth-order valence-electron chi connectivity index (χ4n) is 3.06. The van der Waals surface area contributed by atoms with Crippen molar-refractivity contribution in [2.45, 2.75) is 18.7 Å². The minimum Gasteiger partial charge on any atom is -0.336 e. The second-order valence-electron chi connectivity index (χ2n) is 6.63. The molecule has 0 N–H and O–H groups in total. The Morgan fingerprint density at radius 2 is 1.70 bits per heavy atom. The fraction of sp³-hybridized carbons (Fsp3) is 0.300. The van der Waals surface area contributed by atoms with E-state index in [0.717, 1.165) is 11.1 Å². The van der Waals surface area contributed by atoms with Gasteiger partial charge in [-0.1, -0.05) is 12.1 Å². The predicted octanol–water partition coefficient (Wildman–Crippen LogP) is 2.32. The van der Waals surface area contributed by atoms with Crippen LogP contribution in [0.5, 0.6) is 0 Å². The number of nitriles is 1. The molecule has 27 heavy (non-hydrogen) atoms. The van der Waals surface area contributed by atoms with Crippen molar-refractivity contribution in [2.75, 3.05) is 26.2 Å². The van der Waals surface area contributed by atoms with Crippen molar-refractivity contribution in [3.8, 4) is 6.07 Å². The number of amides is 1. The van der Waals surface area contributed by atoms with Gasteiger partial charge in [-0.25, -0.2) is 8.42 Å². The normalized spacial score (nSPS) is 15.4. The van der Waals surface area contributed by atoms with Crippen LogP contribution >= 0.6 is 0 Å². The van der Waals surface area contributed by atoms with Crippen LogP contribution in [-0.2, 0) is 10.0 Å². The van der Waals surface area contributed by atoms with Gasteiger partial charge in [-0.05, 0) is 55.3 Å². The first kappa shape index (κ1) is 19.1. The molecular weight excluding hydrogens is 362 g/mol. The summed E-state index contributed by atoms with van der Waals surface area (Å²) in [6.07, 6.45) is 0. The summed E-state index contributed by atoms with van der Waals surface area (Å²) in [6, 6.07) is 13.7. The van der Waals surface area contributed by atoms with Gasteiger partial charge in [-0.15, -0.1) is 0 Å². The Labute approximate surface area is 159 Å². The van der Waals surface area contributed by atoms with Crippen LogP contribution in [0.3, 0.4) is 0 Å².